The van der Waals surface area contributed by atoms with E-state index in [1.165, 1.54) is 4.90 Å². The van der Waals surface area contributed by atoms with Crippen molar-refractivity contribution in [3.8, 4) is 5.75 Å². The Morgan fingerprint density at radius 3 is 2.89 bits per heavy atom. The number of halogens is 1. The minimum absolute atomic E-state index is 0.0169. The average Bonchev–Trinajstić information content (AvgIpc) is 2.78. The molecule has 102 valence electrons. The minimum Gasteiger partial charge on any atom is -0.508 e. The maximum absolute atomic E-state index is 13.7. The molecule has 1 aromatic carbocycles. The van der Waals surface area contributed by atoms with Gasteiger partial charge in [-0.25, -0.2) is 14.0 Å². The molecule has 0 unspecified atom stereocenters. The minimum atomic E-state index is -0.875. The first-order valence-electron chi connectivity index (χ1n) is 5.54. The number of carbonyl (C=O) groups excluding carboxylic acids is 2. The van der Waals surface area contributed by atoms with E-state index in [2.05, 4.69) is 4.74 Å². The number of ether oxygens (including phenoxy) is 2. The summed E-state index contributed by atoms with van der Waals surface area (Å²) < 4.78 is 22.8. The number of phenols is 1. The van der Waals surface area contributed by atoms with Crippen LogP contribution in [0.15, 0.2) is 12.1 Å². The van der Waals surface area contributed by atoms with E-state index in [0.717, 1.165) is 19.2 Å². The van der Waals surface area contributed by atoms with Crippen LogP contribution in [0.1, 0.15) is 15.9 Å². The summed E-state index contributed by atoms with van der Waals surface area (Å²) in [6.07, 6.45) is -0.517. The fraction of sp³-hybridized carbons (Fsp3) is 0.333. The van der Waals surface area contributed by atoms with Crippen LogP contribution < -0.4 is 0 Å². The van der Waals surface area contributed by atoms with Gasteiger partial charge in [-0.05, 0) is 12.1 Å². The lowest BCUT2D eigenvalue weighted by molar-refractivity contribution is 0.0594. The van der Waals surface area contributed by atoms with Gasteiger partial charge in [-0.2, -0.15) is 0 Å². The molecule has 0 atom stereocenters. The molecule has 0 saturated carbocycles. The van der Waals surface area contributed by atoms with Crippen LogP contribution in [-0.4, -0.2) is 42.3 Å². The van der Waals surface area contributed by atoms with Crippen LogP contribution in [0, 0.1) is 5.82 Å². The van der Waals surface area contributed by atoms with Crippen LogP contribution >= 0.6 is 0 Å². The molecule has 0 aromatic heterocycles. The van der Waals surface area contributed by atoms with Crippen molar-refractivity contribution in [1.82, 2.24) is 4.90 Å². The van der Waals surface area contributed by atoms with Gasteiger partial charge in [0.2, 0.25) is 0 Å². The van der Waals surface area contributed by atoms with E-state index in [9.17, 15) is 19.1 Å². The number of nitrogens with zero attached hydrogens (tertiary/aromatic N) is 1. The Morgan fingerprint density at radius 2 is 2.32 bits per heavy atom. The molecule has 1 aliphatic rings. The Morgan fingerprint density at radius 1 is 1.58 bits per heavy atom. The first kappa shape index (κ1) is 13.1. The summed E-state index contributed by atoms with van der Waals surface area (Å²) in [6.45, 7) is 0.657. The van der Waals surface area contributed by atoms with Crippen molar-refractivity contribution in [3.05, 3.63) is 29.1 Å². The number of aromatic hydroxyl groups is 1. The molecule has 1 amide bonds. The van der Waals surface area contributed by atoms with Crippen molar-refractivity contribution >= 4 is 12.1 Å². The highest BCUT2D eigenvalue weighted by atomic mass is 19.1. The normalized spacial score (nSPS) is 14.4. The molecule has 6 nitrogen and oxygen atoms in total. The zero-order chi connectivity index (χ0) is 14.0. The first-order valence-corrected chi connectivity index (χ1v) is 5.54. The van der Waals surface area contributed by atoms with Crippen LogP contribution in [0.4, 0.5) is 9.18 Å². The third-order valence-corrected chi connectivity index (χ3v) is 2.78. The topological polar surface area (TPSA) is 76.1 Å². The van der Waals surface area contributed by atoms with Crippen molar-refractivity contribution < 1.29 is 28.6 Å². The number of phenolic OH excluding ortho intramolecular Hbond substituents is 1. The Kier molecular flexibility index (Phi) is 3.55. The highest BCUT2D eigenvalue weighted by Gasteiger charge is 2.24. The summed E-state index contributed by atoms with van der Waals surface area (Å²) in [5.41, 5.74) is -0.156. The maximum Gasteiger partial charge on any atom is 0.410 e. The van der Waals surface area contributed by atoms with Gasteiger partial charge in [-0.3, -0.25) is 0 Å². The number of hydrogen-bond donors (Lipinski definition) is 1. The zero-order valence-electron chi connectivity index (χ0n) is 10.2. The average molecular weight is 269 g/mol. The van der Waals surface area contributed by atoms with Crippen LogP contribution in [0.25, 0.3) is 0 Å². The van der Waals surface area contributed by atoms with Crippen molar-refractivity contribution in [1.29, 1.82) is 0 Å². The van der Waals surface area contributed by atoms with Gasteiger partial charge in [0.15, 0.2) is 0 Å². The van der Waals surface area contributed by atoms with Gasteiger partial charge in [0.1, 0.15) is 18.2 Å². The molecule has 1 aromatic rings. The summed E-state index contributed by atoms with van der Waals surface area (Å²) in [5.74, 6) is -1.96. The molecule has 19 heavy (non-hydrogen) atoms. The summed E-state index contributed by atoms with van der Waals surface area (Å²) in [7, 11) is 1.12. The fourth-order valence-electron chi connectivity index (χ4n) is 1.77. The number of methoxy groups -OCH3 is 1. The highest BCUT2D eigenvalue weighted by Crippen LogP contribution is 2.24. The Labute approximate surface area is 108 Å². The van der Waals surface area contributed by atoms with Gasteiger partial charge >= 0.3 is 12.1 Å². The second-order valence-electron chi connectivity index (χ2n) is 3.99. The lowest BCUT2D eigenvalue weighted by Crippen LogP contribution is -2.23. The molecule has 1 fully saturated rings. The number of cyclic esters (lactones) is 1. The number of rotatable bonds is 3. The highest BCUT2D eigenvalue weighted by molar-refractivity contribution is 5.90. The third-order valence-electron chi connectivity index (χ3n) is 2.78. The van der Waals surface area contributed by atoms with Crippen LogP contribution in [0.3, 0.4) is 0 Å². The lowest BCUT2D eigenvalue weighted by Gasteiger charge is -2.14. The van der Waals surface area contributed by atoms with Gasteiger partial charge in [0, 0.05) is 5.56 Å². The standard InChI is InChI=1S/C12H12FNO5/c1-18-11(16)8-5-10(15)7(4-9(8)13)6-14-2-3-19-12(14)17/h4-5,15H,2-3,6H2,1H3. The van der Waals surface area contributed by atoms with Gasteiger partial charge in [0.25, 0.3) is 0 Å². The molecule has 0 aliphatic carbocycles. The number of benzene rings is 1. The molecule has 1 heterocycles. The smallest absolute Gasteiger partial charge is 0.410 e. The SMILES string of the molecule is COC(=O)c1cc(O)c(CN2CCOC2=O)cc1F. The molecule has 0 bridgehead atoms. The molecule has 2 rings (SSSR count). The zero-order valence-corrected chi connectivity index (χ0v) is 10.2. The summed E-state index contributed by atoms with van der Waals surface area (Å²) in [4.78, 5) is 23.8. The van der Waals surface area contributed by atoms with E-state index in [-0.39, 0.29) is 30.0 Å². The molecule has 1 saturated heterocycles. The van der Waals surface area contributed by atoms with Gasteiger partial charge in [-0.1, -0.05) is 0 Å². The Bertz CT molecular complexity index is 531. The summed E-state index contributed by atoms with van der Waals surface area (Å²) in [6, 6.07) is 1.99. The van der Waals surface area contributed by atoms with E-state index in [0.29, 0.717) is 6.54 Å². The van der Waals surface area contributed by atoms with Crippen molar-refractivity contribution in [2.75, 3.05) is 20.3 Å². The second-order valence-corrected chi connectivity index (χ2v) is 3.99. The van der Waals surface area contributed by atoms with E-state index in [1.807, 2.05) is 0 Å². The number of hydrogen-bond acceptors (Lipinski definition) is 5. The summed E-state index contributed by atoms with van der Waals surface area (Å²) in [5, 5.41) is 9.75. The Hall–Kier alpha value is -2.31. The monoisotopic (exact) mass is 269 g/mol. The quantitative estimate of drug-likeness (QED) is 0.836. The lowest BCUT2D eigenvalue weighted by atomic mass is 10.1. The van der Waals surface area contributed by atoms with E-state index < -0.39 is 17.9 Å². The molecule has 0 radical (unpaired) electrons. The van der Waals surface area contributed by atoms with Crippen molar-refractivity contribution in [3.63, 3.8) is 0 Å². The van der Waals surface area contributed by atoms with Crippen LogP contribution in [0.2, 0.25) is 0 Å². The molecular formula is C12H12FNO5. The van der Waals surface area contributed by atoms with Gasteiger partial charge in [-0.15, -0.1) is 0 Å². The number of amides is 1. The van der Waals surface area contributed by atoms with Crippen molar-refractivity contribution in [2.24, 2.45) is 0 Å². The number of carbonyl (C=O) groups is 2. The van der Waals surface area contributed by atoms with Gasteiger partial charge in [0.05, 0.1) is 25.8 Å². The van der Waals surface area contributed by atoms with E-state index in [4.69, 9.17) is 4.74 Å². The molecular weight excluding hydrogens is 257 g/mol. The van der Waals surface area contributed by atoms with Crippen molar-refractivity contribution in [2.45, 2.75) is 6.54 Å². The van der Waals surface area contributed by atoms with Gasteiger partial charge < -0.3 is 19.5 Å². The number of esters is 1. The molecule has 0 spiro atoms. The van der Waals surface area contributed by atoms with E-state index in [1.54, 1.807) is 0 Å². The third kappa shape index (κ3) is 2.59. The molecule has 1 aliphatic heterocycles. The summed E-state index contributed by atoms with van der Waals surface area (Å²) >= 11 is 0. The Balaban J connectivity index is 2.25. The molecule has 1 N–H and O–H groups in total. The predicted octanol–water partition coefficient (Wildman–Crippen LogP) is 1.27. The predicted molar refractivity (Wildman–Crippen MR) is 61.2 cm³/mol. The van der Waals surface area contributed by atoms with Crippen LogP contribution in [-0.2, 0) is 16.0 Å². The fourth-order valence-corrected chi connectivity index (χ4v) is 1.77. The maximum atomic E-state index is 13.7. The van der Waals surface area contributed by atoms with Crippen LogP contribution in [0.5, 0.6) is 5.75 Å². The van der Waals surface area contributed by atoms with E-state index >= 15 is 0 Å². The largest absolute Gasteiger partial charge is 0.508 e. The first-order chi connectivity index (χ1) is 9.02. The second kappa shape index (κ2) is 5.13. The molecule has 7 heteroatoms.